The maximum Gasteiger partial charge on any atom is 0.103 e. The molecule has 1 fully saturated rings. The fourth-order valence-corrected chi connectivity index (χ4v) is 3.56. The number of thiazole rings is 1. The molecule has 0 saturated heterocycles. The zero-order valence-electron chi connectivity index (χ0n) is 11.1. The molecule has 1 aliphatic carbocycles. The number of benzene rings is 1. The SMILES string of the molecule is Cc1csc(CSc2ccc(CNC3CC3)cc2)n1. The summed E-state index contributed by atoms with van der Waals surface area (Å²) in [6.07, 6.45) is 2.70. The van der Waals surface area contributed by atoms with Gasteiger partial charge in [0.05, 0.1) is 5.75 Å². The van der Waals surface area contributed by atoms with Crippen molar-refractivity contribution in [1.82, 2.24) is 10.3 Å². The van der Waals surface area contributed by atoms with Gasteiger partial charge in [-0.2, -0.15) is 0 Å². The Labute approximate surface area is 122 Å². The van der Waals surface area contributed by atoms with Gasteiger partial charge >= 0.3 is 0 Å². The van der Waals surface area contributed by atoms with Crippen LogP contribution in [0.2, 0.25) is 0 Å². The summed E-state index contributed by atoms with van der Waals surface area (Å²) in [5.41, 5.74) is 2.50. The summed E-state index contributed by atoms with van der Waals surface area (Å²) in [4.78, 5) is 5.81. The molecule has 1 aromatic carbocycles. The second-order valence-electron chi connectivity index (χ2n) is 4.97. The number of aryl methyl sites for hydroxylation is 1. The first kappa shape index (κ1) is 13.2. The van der Waals surface area contributed by atoms with E-state index in [1.807, 2.05) is 18.7 Å². The Bertz CT molecular complexity index is 529. The summed E-state index contributed by atoms with van der Waals surface area (Å²) in [7, 11) is 0. The van der Waals surface area contributed by atoms with Gasteiger partial charge in [-0.1, -0.05) is 12.1 Å². The van der Waals surface area contributed by atoms with Crippen molar-refractivity contribution in [2.45, 2.75) is 43.0 Å². The lowest BCUT2D eigenvalue weighted by Crippen LogP contribution is -2.14. The predicted octanol–water partition coefficient (Wildman–Crippen LogP) is 4.00. The molecule has 1 N–H and O–H groups in total. The quantitative estimate of drug-likeness (QED) is 0.814. The van der Waals surface area contributed by atoms with Crippen LogP contribution in [-0.4, -0.2) is 11.0 Å². The summed E-state index contributed by atoms with van der Waals surface area (Å²) >= 11 is 3.61. The molecule has 3 rings (SSSR count). The lowest BCUT2D eigenvalue weighted by molar-refractivity contribution is 0.687. The zero-order chi connectivity index (χ0) is 13.1. The lowest BCUT2D eigenvalue weighted by Gasteiger charge is -2.04. The fraction of sp³-hybridized carbons (Fsp3) is 0.400. The van der Waals surface area contributed by atoms with E-state index in [1.54, 1.807) is 11.3 Å². The van der Waals surface area contributed by atoms with Gasteiger partial charge in [0.2, 0.25) is 0 Å². The molecule has 0 unspecified atom stereocenters. The Morgan fingerprint density at radius 2 is 2.11 bits per heavy atom. The van der Waals surface area contributed by atoms with Crippen molar-refractivity contribution in [2.75, 3.05) is 0 Å². The number of nitrogens with zero attached hydrogens (tertiary/aromatic N) is 1. The summed E-state index contributed by atoms with van der Waals surface area (Å²) in [5.74, 6) is 0.970. The molecule has 1 heterocycles. The van der Waals surface area contributed by atoms with Crippen LogP contribution < -0.4 is 5.32 Å². The highest BCUT2D eigenvalue weighted by molar-refractivity contribution is 7.98. The van der Waals surface area contributed by atoms with E-state index in [9.17, 15) is 0 Å². The minimum absolute atomic E-state index is 0.780. The van der Waals surface area contributed by atoms with Gasteiger partial charge in [0.1, 0.15) is 5.01 Å². The van der Waals surface area contributed by atoms with Crippen LogP contribution in [0, 0.1) is 6.92 Å². The molecule has 1 aliphatic rings. The van der Waals surface area contributed by atoms with Crippen molar-refractivity contribution >= 4 is 23.1 Å². The highest BCUT2D eigenvalue weighted by Gasteiger charge is 2.19. The van der Waals surface area contributed by atoms with Crippen LogP contribution >= 0.6 is 23.1 Å². The van der Waals surface area contributed by atoms with Gasteiger partial charge in [-0.15, -0.1) is 23.1 Å². The van der Waals surface area contributed by atoms with E-state index < -0.39 is 0 Å². The molecule has 1 saturated carbocycles. The van der Waals surface area contributed by atoms with E-state index in [2.05, 4.69) is 39.9 Å². The monoisotopic (exact) mass is 290 g/mol. The van der Waals surface area contributed by atoms with E-state index in [4.69, 9.17) is 0 Å². The fourth-order valence-electron chi connectivity index (χ4n) is 1.87. The van der Waals surface area contributed by atoms with Crippen molar-refractivity contribution in [2.24, 2.45) is 0 Å². The van der Waals surface area contributed by atoms with Gasteiger partial charge in [-0.05, 0) is 37.5 Å². The van der Waals surface area contributed by atoms with Gasteiger partial charge in [0.25, 0.3) is 0 Å². The predicted molar refractivity (Wildman–Crippen MR) is 82.7 cm³/mol. The van der Waals surface area contributed by atoms with Crippen LogP contribution in [0.5, 0.6) is 0 Å². The van der Waals surface area contributed by atoms with Crippen molar-refractivity contribution in [3.05, 3.63) is 45.9 Å². The number of nitrogens with one attached hydrogen (secondary N) is 1. The minimum Gasteiger partial charge on any atom is -0.310 e. The maximum atomic E-state index is 4.49. The first-order chi connectivity index (χ1) is 9.29. The molecule has 0 amide bonds. The number of thioether (sulfide) groups is 1. The van der Waals surface area contributed by atoms with Crippen LogP contribution in [0.3, 0.4) is 0 Å². The maximum absolute atomic E-state index is 4.49. The van der Waals surface area contributed by atoms with Crippen molar-refractivity contribution < 1.29 is 0 Å². The Kier molecular flexibility index (Phi) is 4.21. The minimum atomic E-state index is 0.780. The molecule has 1 aromatic heterocycles. The summed E-state index contributed by atoms with van der Waals surface area (Å²) in [5, 5.41) is 6.86. The third-order valence-corrected chi connectivity index (χ3v) is 5.30. The molecular formula is C15H18N2S2. The molecule has 0 aliphatic heterocycles. The van der Waals surface area contributed by atoms with Gasteiger partial charge in [-0.3, -0.25) is 0 Å². The standard InChI is InChI=1S/C15H18N2S2/c1-11-9-19-15(17-11)10-18-14-6-2-12(3-7-14)8-16-13-4-5-13/h2-3,6-7,9,13,16H,4-5,8,10H2,1H3. The van der Waals surface area contributed by atoms with Crippen molar-refractivity contribution in [1.29, 1.82) is 0 Å². The Morgan fingerprint density at radius 3 is 2.74 bits per heavy atom. The highest BCUT2D eigenvalue weighted by Crippen LogP contribution is 2.25. The van der Waals surface area contributed by atoms with E-state index in [0.717, 1.165) is 24.0 Å². The first-order valence-corrected chi connectivity index (χ1v) is 8.52. The van der Waals surface area contributed by atoms with Gasteiger partial charge in [0, 0.05) is 28.6 Å². The summed E-state index contributed by atoms with van der Waals surface area (Å²) in [6, 6.07) is 9.67. The number of hydrogen-bond acceptors (Lipinski definition) is 4. The van der Waals surface area contributed by atoms with E-state index in [1.165, 1.54) is 28.3 Å². The van der Waals surface area contributed by atoms with Crippen LogP contribution in [0.15, 0.2) is 34.5 Å². The smallest absolute Gasteiger partial charge is 0.103 e. The average Bonchev–Trinajstić information content (AvgIpc) is 3.17. The molecule has 0 atom stereocenters. The van der Waals surface area contributed by atoms with Crippen LogP contribution in [0.4, 0.5) is 0 Å². The molecule has 0 spiro atoms. The molecule has 2 aromatic rings. The normalized spacial score (nSPS) is 14.8. The molecule has 2 nitrogen and oxygen atoms in total. The van der Waals surface area contributed by atoms with Crippen LogP contribution in [0.1, 0.15) is 29.1 Å². The van der Waals surface area contributed by atoms with Crippen molar-refractivity contribution in [3.8, 4) is 0 Å². The second-order valence-corrected chi connectivity index (χ2v) is 6.96. The first-order valence-electron chi connectivity index (χ1n) is 6.66. The molecule has 100 valence electrons. The van der Waals surface area contributed by atoms with Crippen LogP contribution in [-0.2, 0) is 12.3 Å². The number of hydrogen-bond donors (Lipinski definition) is 1. The topological polar surface area (TPSA) is 24.9 Å². The van der Waals surface area contributed by atoms with E-state index in [-0.39, 0.29) is 0 Å². The number of rotatable bonds is 6. The second kappa shape index (κ2) is 6.07. The molecule has 0 bridgehead atoms. The highest BCUT2D eigenvalue weighted by atomic mass is 32.2. The molecule has 4 heteroatoms. The number of aromatic nitrogens is 1. The zero-order valence-corrected chi connectivity index (χ0v) is 12.7. The lowest BCUT2D eigenvalue weighted by atomic mass is 10.2. The van der Waals surface area contributed by atoms with Gasteiger partial charge < -0.3 is 5.32 Å². The Morgan fingerprint density at radius 1 is 1.32 bits per heavy atom. The third kappa shape index (κ3) is 4.06. The van der Waals surface area contributed by atoms with E-state index in [0.29, 0.717) is 0 Å². The Hall–Kier alpha value is -0.840. The largest absolute Gasteiger partial charge is 0.310 e. The third-order valence-electron chi connectivity index (χ3n) is 3.12. The molecular weight excluding hydrogens is 272 g/mol. The molecule has 0 radical (unpaired) electrons. The average molecular weight is 290 g/mol. The molecule has 19 heavy (non-hydrogen) atoms. The van der Waals surface area contributed by atoms with Gasteiger partial charge in [0.15, 0.2) is 0 Å². The van der Waals surface area contributed by atoms with E-state index >= 15 is 0 Å². The summed E-state index contributed by atoms with van der Waals surface area (Å²) < 4.78 is 0. The Balaban J connectivity index is 1.50. The van der Waals surface area contributed by atoms with Crippen LogP contribution in [0.25, 0.3) is 0 Å². The summed E-state index contributed by atoms with van der Waals surface area (Å²) in [6.45, 7) is 3.05. The van der Waals surface area contributed by atoms with Gasteiger partial charge in [-0.25, -0.2) is 4.98 Å². The van der Waals surface area contributed by atoms with Crippen molar-refractivity contribution in [3.63, 3.8) is 0 Å².